The molecular formula is C16H23BrN4O4S. The van der Waals surface area contributed by atoms with Crippen molar-refractivity contribution in [3.05, 3.63) is 22.4 Å². The zero-order chi connectivity index (χ0) is 19.5. The van der Waals surface area contributed by atoms with E-state index >= 15 is 0 Å². The molecular weight excluding hydrogens is 424 g/mol. The summed E-state index contributed by atoms with van der Waals surface area (Å²) in [5, 5.41) is 14.9. The van der Waals surface area contributed by atoms with Gasteiger partial charge in [0.05, 0.1) is 34.2 Å². The van der Waals surface area contributed by atoms with Crippen LogP contribution in [0.25, 0.3) is 0 Å². The third-order valence-corrected chi connectivity index (χ3v) is 6.08. The zero-order valence-corrected chi connectivity index (χ0v) is 17.2. The average molecular weight is 447 g/mol. The Morgan fingerprint density at radius 1 is 1.46 bits per heavy atom. The molecule has 1 aliphatic rings. The first-order valence-corrected chi connectivity index (χ1v) is 10.7. The summed E-state index contributed by atoms with van der Waals surface area (Å²) in [5.74, 6) is 0.325. The molecule has 10 heteroatoms. The van der Waals surface area contributed by atoms with Crippen molar-refractivity contribution >= 4 is 38.3 Å². The summed E-state index contributed by atoms with van der Waals surface area (Å²) in [7, 11) is -2.72. The average Bonchev–Trinajstić information content (AvgIpc) is 2.48. The molecule has 0 aromatic carbocycles. The van der Waals surface area contributed by atoms with Crippen molar-refractivity contribution in [2.45, 2.75) is 44.9 Å². The standard InChI is InChI=1S/C16H23BrN4O4S/c1-16(2,3)25-15(22)21-12-4-5-26(23,24)9-14(12)20-10-6-11(17)13(7-18)19-8-10/h6,8,12,14,20,23-24H,4-5,9H2,1-3H3,(H,21,22)/t12-,14+/m1/s1. The van der Waals surface area contributed by atoms with E-state index in [1.54, 1.807) is 26.8 Å². The Morgan fingerprint density at radius 3 is 2.73 bits per heavy atom. The summed E-state index contributed by atoms with van der Waals surface area (Å²) < 4.78 is 26.0. The topological polar surface area (TPSA) is 128 Å². The first-order valence-electron chi connectivity index (χ1n) is 8.04. The Bertz CT molecular complexity index is 717. The molecule has 0 radical (unpaired) electrons. The molecule has 0 aliphatic carbocycles. The highest BCUT2D eigenvalue weighted by molar-refractivity contribution is 9.10. The molecule has 1 saturated heterocycles. The van der Waals surface area contributed by atoms with Gasteiger partial charge in [0.25, 0.3) is 0 Å². The molecule has 1 aromatic rings. The van der Waals surface area contributed by atoms with Crippen molar-refractivity contribution < 1.29 is 18.6 Å². The third-order valence-electron chi connectivity index (χ3n) is 3.69. The van der Waals surface area contributed by atoms with Crippen molar-refractivity contribution in [2.24, 2.45) is 0 Å². The number of hydrogen-bond acceptors (Lipinski definition) is 7. The third kappa shape index (κ3) is 6.02. The van der Waals surface area contributed by atoms with E-state index in [-0.39, 0.29) is 23.2 Å². The van der Waals surface area contributed by atoms with Gasteiger partial charge in [0.1, 0.15) is 11.7 Å². The van der Waals surface area contributed by atoms with E-state index in [0.29, 0.717) is 16.6 Å². The van der Waals surface area contributed by atoms with Crippen LogP contribution in [0.1, 0.15) is 32.9 Å². The summed E-state index contributed by atoms with van der Waals surface area (Å²) in [4.78, 5) is 16.1. The van der Waals surface area contributed by atoms with E-state index in [1.165, 1.54) is 6.20 Å². The van der Waals surface area contributed by atoms with Crippen molar-refractivity contribution in [1.82, 2.24) is 10.3 Å². The number of amides is 1. The number of anilines is 1. The van der Waals surface area contributed by atoms with Gasteiger partial charge in [0.2, 0.25) is 0 Å². The Morgan fingerprint density at radius 2 is 2.15 bits per heavy atom. The van der Waals surface area contributed by atoms with Crippen molar-refractivity contribution in [3.8, 4) is 6.07 Å². The van der Waals surface area contributed by atoms with Gasteiger partial charge in [-0.15, -0.1) is 0 Å². The second kappa shape index (κ2) is 8.00. The molecule has 26 heavy (non-hydrogen) atoms. The van der Waals surface area contributed by atoms with Gasteiger partial charge in [-0.2, -0.15) is 15.9 Å². The number of nitriles is 1. The summed E-state index contributed by atoms with van der Waals surface area (Å²) in [6.45, 7) is 5.33. The molecule has 1 fully saturated rings. The Kier molecular flexibility index (Phi) is 6.39. The van der Waals surface area contributed by atoms with Crippen LogP contribution in [0.5, 0.6) is 0 Å². The Labute approximate surface area is 162 Å². The largest absolute Gasteiger partial charge is 0.444 e. The van der Waals surface area contributed by atoms with Crippen molar-refractivity contribution in [3.63, 3.8) is 0 Å². The minimum absolute atomic E-state index is 0.102. The SMILES string of the molecule is CC(C)(C)OC(=O)N[C@@H]1CCS(O)(O)C[C@@H]1Nc1cnc(C#N)c(Br)c1. The second-order valence-electron chi connectivity index (χ2n) is 7.13. The van der Waals surface area contributed by atoms with E-state index in [1.807, 2.05) is 6.07 Å². The predicted octanol–water partition coefficient (Wildman–Crippen LogP) is 3.54. The molecule has 2 heterocycles. The molecule has 4 N–H and O–H groups in total. The fraction of sp³-hybridized carbons (Fsp3) is 0.562. The van der Waals surface area contributed by atoms with Crippen LogP contribution < -0.4 is 10.6 Å². The molecule has 2 rings (SSSR count). The summed E-state index contributed by atoms with van der Waals surface area (Å²) in [6.07, 6.45) is 1.35. The zero-order valence-electron chi connectivity index (χ0n) is 14.8. The van der Waals surface area contributed by atoms with Crippen molar-refractivity contribution in [1.29, 1.82) is 5.26 Å². The normalized spacial score (nSPS) is 23.4. The maximum absolute atomic E-state index is 12.1. The van der Waals surface area contributed by atoms with E-state index in [0.717, 1.165) is 0 Å². The van der Waals surface area contributed by atoms with Gasteiger partial charge in [-0.25, -0.2) is 9.78 Å². The van der Waals surface area contributed by atoms with Crippen LogP contribution in [0.4, 0.5) is 10.5 Å². The molecule has 144 valence electrons. The fourth-order valence-corrected chi connectivity index (χ4v) is 4.72. The summed E-state index contributed by atoms with van der Waals surface area (Å²) in [5.41, 5.74) is 0.243. The Hall–Kier alpha value is -1.54. The van der Waals surface area contributed by atoms with Crippen LogP contribution in [0, 0.1) is 11.3 Å². The van der Waals surface area contributed by atoms with Gasteiger partial charge in [-0.3, -0.25) is 9.11 Å². The molecule has 2 atom stereocenters. The quantitative estimate of drug-likeness (QED) is 0.558. The maximum Gasteiger partial charge on any atom is 0.407 e. The van der Waals surface area contributed by atoms with Gasteiger partial charge >= 0.3 is 6.09 Å². The number of ether oxygens (including phenoxy) is 1. The lowest BCUT2D eigenvalue weighted by molar-refractivity contribution is 0.0497. The van der Waals surface area contributed by atoms with E-state index < -0.39 is 28.3 Å². The van der Waals surface area contributed by atoms with Gasteiger partial charge in [0.15, 0.2) is 5.69 Å². The van der Waals surface area contributed by atoms with E-state index in [2.05, 4.69) is 31.5 Å². The molecule has 1 aromatic heterocycles. The van der Waals surface area contributed by atoms with Gasteiger partial charge < -0.3 is 15.4 Å². The molecule has 0 unspecified atom stereocenters. The number of carbonyl (C=O) groups is 1. The van der Waals surface area contributed by atoms with Gasteiger partial charge in [-0.1, -0.05) is 0 Å². The lowest BCUT2D eigenvalue weighted by Crippen LogP contribution is -2.53. The number of pyridine rings is 1. The predicted molar refractivity (Wildman–Crippen MR) is 104 cm³/mol. The monoisotopic (exact) mass is 446 g/mol. The first kappa shape index (κ1) is 20.8. The van der Waals surface area contributed by atoms with E-state index in [4.69, 9.17) is 10.00 Å². The number of aromatic nitrogens is 1. The van der Waals surface area contributed by atoms with Crippen LogP contribution >= 0.6 is 26.5 Å². The van der Waals surface area contributed by atoms with Crippen LogP contribution in [-0.4, -0.2) is 49.4 Å². The first-order chi connectivity index (χ1) is 12.0. The summed E-state index contributed by atoms with van der Waals surface area (Å²) in [6, 6.07) is 2.90. The molecule has 0 bridgehead atoms. The number of halogens is 1. The van der Waals surface area contributed by atoms with Crippen LogP contribution in [-0.2, 0) is 4.74 Å². The maximum atomic E-state index is 12.1. The highest BCUT2D eigenvalue weighted by atomic mass is 79.9. The molecule has 8 nitrogen and oxygen atoms in total. The molecule has 0 spiro atoms. The lowest BCUT2D eigenvalue weighted by Gasteiger charge is -2.44. The Balaban J connectivity index is 2.13. The second-order valence-corrected chi connectivity index (χ2v) is 10.3. The van der Waals surface area contributed by atoms with Gasteiger partial charge in [0, 0.05) is 5.75 Å². The highest BCUT2D eigenvalue weighted by Crippen LogP contribution is 2.44. The van der Waals surface area contributed by atoms with Crippen LogP contribution in [0.2, 0.25) is 0 Å². The number of carbonyl (C=O) groups excluding carboxylic acids is 1. The van der Waals surface area contributed by atoms with Crippen LogP contribution in [0.3, 0.4) is 0 Å². The fourth-order valence-electron chi connectivity index (χ4n) is 2.59. The number of nitrogens with one attached hydrogen (secondary N) is 2. The smallest absolute Gasteiger partial charge is 0.407 e. The van der Waals surface area contributed by atoms with Crippen LogP contribution in [0.15, 0.2) is 16.7 Å². The summed E-state index contributed by atoms with van der Waals surface area (Å²) >= 11 is 3.27. The molecule has 1 amide bonds. The van der Waals surface area contributed by atoms with Gasteiger partial charge in [-0.05, 0) is 49.2 Å². The lowest BCUT2D eigenvalue weighted by atomic mass is 10.1. The minimum Gasteiger partial charge on any atom is -0.444 e. The van der Waals surface area contributed by atoms with Crippen molar-refractivity contribution in [2.75, 3.05) is 16.8 Å². The van der Waals surface area contributed by atoms with E-state index in [9.17, 15) is 13.9 Å². The number of hydrogen-bond donors (Lipinski definition) is 4. The minimum atomic E-state index is -2.72. The molecule has 0 saturated carbocycles. The molecule has 1 aliphatic heterocycles. The highest BCUT2D eigenvalue weighted by Gasteiger charge is 2.35. The number of alkyl carbamates (subject to hydrolysis) is 1. The number of nitrogens with zero attached hydrogens (tertiary/aromatic N) is 2. The number of rotatable bonds is 3.